The maximum absolute atomic E-state index is 14.8. The summed E-state index contributed by atoms with van der Waals surface area (Å²) in [5.74, 6) is -1.21. The maximum Gasteiger partial charge on any atom is 0.261 e. The third kappa shape index (κ3) is 3.45. The fourth-order valence-corrected chi connectivity index (χ4v) is 4.30. The summed E-state index contributed by atoms with van der Waals surface area (Å²) in [6.45, 7) is 4.13. The zero-order chi connectivity index (χ0) is 21.6. The van der Waals surface area contributed by atoms with E-state index in [1.54, 1.807) is 0 Å². The Balaban J connectivity index is 1.87. The summed E-state index contributed by atoms with van der Waals surface area (Å²) in [5.41, 5.74) is -1.000. The first-order valence-electron chi connectivity index (χ1n) is 9.44. The Morgan fingerprint density at radius 1 is 1.23 bits per heavy atom. The van der Waals surface area contributed by atoms with Crippen LogP contribution in [0.5, 0.6) is 0 Å². The molecule has 1 fully saturated rings. The van der Waals surface area contributed by atoms with Gasteiger partial charge >= 0.3 is 0 Å². The molecule has 1 aromatic heterocycles. The molecule has 9 heteroatoms. The van der Waals surface area contributed by atoms with Gasteiger partial charge in [-0.15, -0.1) is 0 Å². The molecular weight excluding hydrogens is 435 g/mol. The van der Waals surface area contributed by atoms with Crippen LogP contribution in [0.25, 0.3) is 10.9 Å². The molecule has 1 atom stereocenters. The number of benzene rings is 2. The quantitative estimate of drug-likeness (QED) is 0.545. The highest BCUT2D eigenvalue weighted by molar-refractivity contribution is 6.42. The summed E-state index contributed by atoms with van der Waals surface area (Å²) in [5, 5.41) is 3.56. The molecule has 0 bridgehead atoms. The maximum atomic E-state index is 14.8. The average Bonchev–Trinajstić information content (AvgIpc) is 3.14. The lowest BCUT2D eigenvalue weighted by molar-refractivity contribution is 0.181. The molecule has 2 heterocycles. The van der Waals surface area contributed by atoms with Crippen molar-refractivity contribution in [1.29, 1.82) is 0 Å². The lowest BCUT2D eigenvalue weighted by Crippen LogP contribution is -2.37. The van der Waals surface area contributed by atoms with Gasteiger partial charge in [-0.05, 0) is 38.1 Å². The highest BCUT2D eigenvalue weighted by atomic mass is 35.5. The molecule has 30 heavy (non-hydrogen) atoms. The van der Waals surface area contributed by atoms with Gasteiger partial charge in [0, 0.05) is 30.3 Å². The second-order valence-corrected chi connectivity index (χ2v) is 8.42. The molecule has 0 spiro atoms. The van der Waals surface area contributed by atoms with E-state index in [1.165, 1.54) is 35.2 Å². The van der Waals surface area contributed by atoms with E-state index in [0.717, 1.165) is 0 Å². The zero-order valence-corrected chi connectivity index (χ0v) is 17.8. The van der Waals surface area contributed by atoms with Crippen molar-refractivity contribution in [3.05, 3.63) is 68.2 Å². The van der Waals surface area contributed by atoms with Crippen LogP contribution in [0.3, 0.4) is 0 Å². The van der Waals surface area contributed by atoms with Crippen LogP contribution < -0.4 is 10.9 Å². The second-order valence-electron chi connectivity index (χ2n) is 7.63. The summed E-state index contributed by atoms with van der Waals surface area (Å²) in [6, 6.07) is 5.22. The minimum Gasteiger partial charge on any atom is -0.379 e. The normalized spacial score (nSPS) is 19.0. The van der Waals surface area contributed by atoms with Crippen molar-refractivity contribution >= 4 is 39.8 Å². The number of ether oxygens (including phenoxy) is 1. The third-order valence-electron chi connectivity index (χ3n) is 5.32. The summed E-state index contributed by atoms with van der Waals surface area (Å²) in [4.78, 5) is 16.9. The number of rotatable bonds is 4. The van der Waals surface area contributed by atoms with E-state index in [-0.39, 0.29) is 44.7 Å². The molecule has 0 saturated carbocycles. The van der Waals surface area contributed by atoms with Crippen molar-refractivity contribution in [2.75, 3.05) is 18.5 Å². The topological polar surface area (TPSA) is 56.1 Å². The van der Waals surface area contributed by atoms with Crippen LogP contribution in [-0.2, 0) is 10.3 Å². The summed E-state index contributed by atoms with van der Waals surface area (Å²) >= 11 is 12.5. The highest BCUT2D eigenvalue weighted by Gasteiger charge is 2.41. The van der Waals surface area contributed by atoms with Crippen LogP contribution in [0.4, 0.5) is 14.5 Å². The Morgan fingerprint density at radius 2 is 2.00 bits per heavy atom. The van der Waals surface area contributed by atoms with Crippen LogP contribution in [0, 0.1) is 11.6 Å². The first kappa shape index (κ1) is 21.0. The molecule has 1 saturated heterocycles. The van der Waals surface area contributed by atoms with Crippen LogP contribution >= 0.6 is 23.2 Å². The van der Waals surface area contributed by atoms with E-state index < -0.39 is 17.2 Å². The largest absolute Gasteiger partial charge is 0.379 e. The lowest BCUT2D eigenvalue weighted by Gasteiger charge is -2.32. The minimum absolute atomic E-state index is 0.0221. The van der Waals surface area contributed by atoms with E-state index in [1.807, 2.05) is 13.8 Å². The molecule has 1 aliphatic heterocycles. The molecule has 5 nitrogen and oxygen atoms in total. The Bertz CT molecular complexity index is 1190. The zero-order valence-electron chi connectivity index (χ0n) is 16.3. The van der Waals surface area contributed by atoms with E-state index in [2.05, 4.69) is 10.3 Å². The van der Waals surface area contributed by atoms with Gasteiger partial charge in [0.05, 0.1) is 33.9 Å². The van der Waals surface area contributed by atoms with Crippen molar-refractivity contribution in [3.8, 4) is 0 Å². The number of aromatic nitrogens is 2. The van der Waals surface area contributed by atoms with Crippen molar-refractivity contribution in [2.24, 2.45) is 0 Å². The van der Waals surface area contributed by atoms with Crippen molar-refractivity contribution in [3.63, 3.8) is 0 Å². The number of anilines is 1. The Hall–Kier alpha value is -2.22. The Morgan fingerprint density at radius 3 is 2.67 bits per heavy atom. The second kappa shape index (κ2) is 7.80. The first-order valence-corrected chi connectivity index (χ1v) is 10.2. The minimum atomic E-state index is -1.06. The van der Waals surface area contributed by atoms with Gasteiger partial charge in [0.2, 0.25) is 0 Å². The molecule has 1 aliphatic rings. The smallest absolute Gasteiger partial charge is 0.261 e. The van der Waals surface area contributed by atoms with Gasteiger partial charge in [0.25, 0.3) is 5.56 Å². The molecule has 2 aromatic carbocycles. The molecule has 158 valence electrons. The molecule has 1 N–H and O–H groups in total. The predicted molar refractivity (Wildman–Crippen MR) is 114 cm³/mol. The Kier molecular flexibility index (Phi) is 5.46. The molecule has 3 aromatic rings. The number of halogens is 4. The van der Waals surface area contributed by atoms with Gasteiger partial charge in [-0.2, -0.15) is 0 Å². The fraction of sp³-hybridized carbons (Fsp3) is 0.333. The van der Waals surface area contributed by atoms with Gasteiger partial charge in [0.15, 0.2) is 5.82 Å². The van der Waals surface area contributed by atoms with Crippen molar-refractivity contribution < 1.29 is 13.5 Å². The SMILES string of the molecule is CC(C)n1cnc2c(F)cc(N[C@@]3(c4c(F)ccc(Cl)c4Cl)CCOC3)cc2c1=O. The van der Waals surface area contributed by atoms with Crippen molar-refractivity contribution in [2.45, 2.75) is 31.8 Å². The van der Waals surface area contributed by atoms with E-state index in [9.17, 15) is 13.6 Å². The summed E-state index contributed by atoms with van der Waals surface area (Å²) < 4.78 is 36.5. The monoisotopic (exact) mass is 453 g/mol. The molecule has 0 radical (unpaired) electrons. The van der Waals surface area contributed by atoms with Crippen molar-refractivity contribution in [1.82, 2.24) is 9.55 Å². The molecule has 0 amide bonds. The van der Waals surface area contributed by atoms with Crippen LogP contribution in [0.2, 0.25) is 10.0 Å². The van der Waals surface area contributed by atoms with Gasteiger partial charge < -0.3 is 10.1 Å². The van der Waals surface area contributed by atoms with E-state index in [4.69, 9.17) is 27.9 Å². The third-order valence-corrected chi connectivity index (χ3v) is 6.13. The molecule has 0 aliphatic carbocycles. The average molecular weight is 454 g/mol. The van der Waals surface area contributed by atoms with E-state index in [0.29, 0.717) is 18.7 Å². The molecular formula is C21H19Cl2F2N3O2. The Labute approximate surface area is 181 Å². The number of hydrogen-bond acceptors (Lipinski definition) is 4. The highest BCUT2D eigenvalue weighted by Crippen LogP contribution is 2.42. The molecule has 0 unspecified atom stereocenters. The predicted octanol–water partition coefficient (Wildman–Crippen LogP) is 5.29. The van der Waals surface area contributed by atoms with Gasteiger partial charge in [-0.25, -0.2) is 13.8 Å². The fourth-order valence-electron chi connectivity index (χ4n) is 3.81. The van der Waals surface area contributed by atoms with Gasteiger partial charge in [0.1, 0.15) is 11.3 Å². The van der Waals surface area contributed by atoms with Crippen LogP contribution in [0.1, 0.15) is 31.9 Å². The van der Waals surface area contributed by atoms with Crippen LogP contribution in [0.15, 0.2) is 35.4 Å². The standard InChI is InChI=1S/C21H19Cl2F2N3O2/c1-11(2)28-10-26-19-13(20(28)29)7-12(8-16(19)25)27-21(5-6-30-9-21)17-15(24)4-3-14(22)18(17)23/h3-4,7-8,10-11,27H,5-6,9H2,1-2H3/t21-/m0/s1. The first-order chi connectivity index (χ1) is 14.2. The number of nitrogens with zero attached hydrogens (tertiary/aromatic N) is 2. The van der Waals surface area contributed by atoms with Gasteiger partial charge in [-0.3, -0.25) is 9.36 Å². The summed E-state index contributed by atoms with van der Waals surface area (Å²) in [6.07, 6.45) is 1.71. The number of fused-ring (bicyclic) bond motifs is 1. The van der Waals surface area contributed by atoms with Crippen LogP contribution in [-0.4, -0.2) is 22.8 Å². The number of hydrogen-bond donors (Lipinski definition) is 1. The van der Waals surface area contributed by atoms with Gasteiger partial charge in [-0.1, -0.05) is 23.2 Å². The lowest BCUT2D eigenvalue weighted by atomic mass is 9.88. The summed E-state index contributed by atoms with van der Waals surface area (Å²) in [7, 11) is 0. The van der Waals surface area contributed by atoms with E-state index >= 15 is 0 Å². The number of nitrogens with one attached hydrogen (secondary N) is 1. The molecule has 4 rings (SSSR count).